The Hall–Kier alpha value is -4.04. The molecular formula is C27H29N3O5. The van der Waals surface area contributed by atoms with Crippen LogP contribution in [0.2, 0.25) is 0 Å². The van der Waals surface area contributed by atoms with Crippen LogP contribution in [0.3, 0.4) is 0 Å². The van der Waals surface area contributed by atoms with Crippen LogP contribution in [0.15, 0.2) is 88.1 Å². The summed E-state index contributed by atoms with van der Waals surface area (Å²) in [7, 11) is 0. The second-order valence-electron chi connectivity index (χ2n) is 8.26. The molecule has 8 nitrogen and oxygen atoms in total. The summed E-state index contributed by atoms with van der Waals surface area (Å²) in [5.74, 6) is -0.647. The summed E-state index contributed by atoms with van der Waals surface area (Å²) >= 11 is 0. The van der Waals surface area contributed by atoms with Gasteiger partial charge in [-0.05, 0) is 35.8 Å². The van der Waals surface area contributed by atoms with E-state index in [-0.39, 0.29) is 0 Å². The van der Waals surface area contributed by atoms with Gasteiger partial charge in [-0.25, -0.2) is 14.2 Å². The van der Waals surface area contributed by atoms with Crippen molar-refractivity contribution in [3.05, 3.63) is 95.0 Å². The highest BCUT2D eigenvalue weighted by atomic mass is 16.7. The van der Waals surface area contributed by atoms with Crippen molar-refractivity contribution in [2.75, 3.05) is 37.6 Å². The molecule has 1 fully saturated rings. The Morgan fingerprint density at radius 1 is 1.11 bits per heavy atom. The number of aromatic nitrogens is 1. The lowest BCUT2D eigenvalue weighted by Crippen LogP contribution is -2.46. The molecule has 0 unspecified atom stereocenters. The quantitative estimate of drug-likeness (QED) is 0.377. The molecule has 1 saturated heterocycles. The van der Waals surface area contributed by atoms with Crippen LogP contribution in [-0.2, 0) is 11.5 Å². The Kier molecular flexibility index (Phi) is 7.52. The summed E-state index contributed by atoms with van der Waals surface area (Å²) in [6.07, 6.45) is 4.76. The highest BCUT2D eigenvalue weighted by Crippen LogP contribution is 2.27. The Morgan fingerprint density at radius 2 is 1.86 bits per heavy atom. The summed E-state index contributed by atoms with van der Waals surface area (Å²) in [5, 5.41) is 8.76. The normalized spacial score (nSPS) is 15.4. The number of piperazine rings is 1. The van der Waals surface area contributed by atoms with Gasteiger partial charge in [0.1, 0.15) is 0 Å². The second kappa shape index (κ2) is 10.9. The SMILES string of the molecule is C=C/C(=C\C(=C/C)c1ccccc1)CN1CCN(c2cccc3c2oc(=O)n3COC(=O)O)CC1. The standard InChI is InChI=1S/C27H29N3O5/c1-3-20(17-21(4-2)22-9-6-5-7-10-22)18-28-13-15-29(16-14-28)23-11-8-12-24-25(23)35-26(31)30(24)19-34-27(32)33/h3-12,17H,1,13-16,18-19H2,2H3,(H,32,33)/b20-17+,21-4+. The first kappa shape index (κ1) is 24.1. The van der Waals surface area contributed by atoms with Crippen LogP contribution in [0.1, 0.15) is 12.5 Å². The number of hydrogen-bond acceptors (Lipinski definition) is 6. The number of ether oxygens (including phenoxy) is 1. The number of benzene rings is 2. The molecule has 8 heteroatoms. The minimum absolute atomic E-state index is 0.410. The fourth-order valence-corrected chi connectivity index (χ4v) is 4.30. The number of hydrogen-bond donors (Lipinski definition) is 1. The molecule has 35 heavy (non-hydrogen) atoms. The van der Waals surface area contributed by atoms with E-state index in [1.807, 2.05) is 43.3 Å². The van der Waals surface area contributed by atoms with Gasteiger partial charge in [0.25, 0.3) is 0 Å². The van der Waals surface area contributed by atoms with Crippen LogP contribution in [0.25, 0.3) is 16.7 Å². The first-order valence-electron chi connectivity index (χ1n) is 11.5. The third-order valence-corrected chi connectivity index (χ3v) is 6.13. The first-order valence-corrected chi connectivity index (χ1v) is 11.5. The second-order valence-corrected chi connectivity index (χ2v) is 8.26. The van der Waals surface area contributed by atoms with Gasteiger partial charge in [-0.3, -0.25) is 4.90 Å². The van der Waals surface area contributed by atoms with Crippen molar-refractivity contribution in [3.8, 4) is 0 Å². The number of anilines is 1. The van der Waals surface area contributed by atoms with Gasteiger partial charge in [-0.2, -0.15) is 0 Å². The third kappa shape index (κ3) is 5.55. The van der Waals surface area contributed by atoms with E-state index < -0.39 is 18.6 Å². The molecule has 1 aromatic heterocycles. The first-order chi connectivity index (χ1) is 17.0. The van der Waals surface area contributed by atoms with Crippen molar-refractivity contribution in [1.29, 1.82) is 0 Å². The van der Waals surface area contributed by atoms with Gasteiger partial charge < -0.3 is 19.2 Å². The predicted octanol–water partition coefficient (Wildman–Crippen LogP) is 4.58. The van der Waals surface area contributed by atoms with Crippen LogP contribution in [0, 0.1) is 0 Å². The van der Waals surface area contributed by atoms with E-state index in [1.165, 1.54) is 10.1 Å². The van der Waals surface area contributed by atoms with Gasteiger partial charge in [0.2, 0.25) is 0 Å². The van der Waals surface area contributed by atoms with E-state index in [0.29, 0.717) is 11.1 Å². The number of carbonyl (C=O) groups is 1. The van der Waals surface area contributed by atoms with Gasteiger partial charge in [0.15, 0.2) is 12.3 Å². The van der Waals surface area contributed by atoms with Crippen molar-refractivity contribution in [3.63, 3.8) is 0 Å². The van der Waals surface area contributed by atoms with E-state index in [1.54, 1.807) is 6.07 Å². The lowest BCUT2D eigenvalue weighted by atomic mass is 10.0. The van der Waals surface area contributed by atoms with Crippen LogP contribution < -0.4 is 10.7 Å². The summed E-state index contributed by atoms with van der Waals surface area (Å²) in [5.41, 5.74) is 5.25. The lowest BCUT2D eigenvalue weighted by Gasteiger charge is -2.36. The Balaban J connectivity index is 1.45. The van der Waals surface area contributed by atoms with Crippen LogP contribution in [-0.4, -0.2) is 53.5 Å². The van der Waals surface area contributed by atoms with E-state index in [9.17, 15) is 9.59 Å². The van der Waals surface area contributed by atoms with E-state index >= 15 is 0 Å². The van der Waals surface area contributed by atoms with E-state index in [0.717, 1.165) is 49.6 Å². The average molecular weight is 476 g/mol. The molecule has 1 N–H and O–H groups in total. The maximum atomic E-state index is 12.3. The largest absolute Gasteiger partial charge is 0.507 e. The van der Waals surface area contributed by atoms with Crippen molar-refractivity contribution in [2.45, 2.75) is 13.7 Å². The van der Waals surface area contributed by atoms with Gasteiger partial charge in [-0.1, -0.05) is 61.2 Å². The number of rotatable bonds is 8. The fourth-order valence-electron chi connectivity index (χ4n) is 4.30. The molecule has 2 aromatic carbocycles. The highest BCUT2D eigenvalue weighted by Gasteiger charge is 2.22. The molecule has 0 amide bonds. The third-order valence-electron chi connectivity index (χ3n) is 6.13. The number of oxazole rings is 1. The van der Waals surface area contributed by atoms with Gasteiger partial charge in [0.05, 0.1) is 11.2 Å². The van der Waals surface area contributed by atoms with Crippen molar-refractivity contribution < 1.29 is 19.1 Å². The molecule has 3 aromatic rings. The fraction of sp³-hybridized carbons (Fsp3) is 0.259. The van der Waals surface area contributed by atoms with Gasteiger partial charge >= 0.3 is 11.9 Å². The Morgan fingerprint density at radius 3 is 2.51 bits per heavy atom. The highest BCUT2D eigenvalue weighted by molar-refractivity contribution is 5.87. The van der Waals surface area contributed by atoms with E-state index in [2.05, 4.69) is 45.4 Å². The molecule has 0 spiro atoms. The zero-order valence-corrected chi connectivity index (χ0v) is 19.7. The zero-order valence-electron chi connectivity index (χ0n) is 19.7. The molecule has 182 valence electrons. The number of carboxylic acid groups (broad SMARTS) is 1. The number of para-hydroxylation sites is 1. The van der Waals surface area contributed by atoms with Crippen molar-refractivity contribution in [2.24, 2.45) is 0 Å². The molecule has 0 saturated carbocycles. The topological polar surface area (TPSA) is 88.1 Å². The maximum absolute atomic E-state index is 12.3. The molecule has 4 rings (SSSR count). The monoisotopic (exact) mass is 475 g/mol. The molecule has 0 atom stereocenters. The summed E-state index contributed by atoms with van der Waals surface area (Å²) in [4.78, 5) is 27.6. The minimum atomic E-state index is -1.45. The van der Waals surface area contributed by atoms with Crippen LogP contribution >= 0.6 is 0 Å². The predicted molar refractivity (Wildman–Crippen MR) is 137 cm³/mol. The molecule has 0 bridgehead atoms. The van der Waals surface area contributed by atoms with Crippen molar-refractivity contribution >= 4 is 28.5 Å². The zero-order chi connectivity index (χ0) is 24.8. The molecular weight excluding hydrogens is 446 g/mol. The molecule has 2 heterocycles. The number of fused-ring (bicyclic) bond motifs is 1. The van der Waals surface area contributed by atoms with Crippen molar-refractivity contribution in [1.82, 2.24) is 9.47 Å². The van der Waals surface area contributed by atoms with Crippen LogP contribution in [0.5, 0.6) is 0 Å². The molecule has 1 aliphatic rings. The minimum Gasteiger partial charge on any atom is -0.450 e. The smallest absolute Gasteiger partial charge is 0.450 e. The Labute approximate surface area is 203 Å². The van der Waals surface area contributed by atoms with Gasteiger partial charge in [0, 0.05) is 32.7 Å². The summed E-state index contributed by atoms with van der Waals surface area (Å²) in [6, 6.07) is 15.8. The number of nitrogens with zero attached hydrogens (tertiary/aromatic N) is 3. The molecule has 1 aliphatic heterocycles. The summed E-state index contributed by atoms with van der Waals surface area (Å²) in [6.45, 7) is 9.64. The maximum Gasteiger partial charge on any atom is 0.507 e. The Bertz CT molecular complexity index is 1310. The molecule has 0 aliphatic carbocycles. The number of allylic oxidation sites excluding steroid dienone is 3. The van der Waals surface area contributed by atoms with Gasteiger partial charge in [-0.15, -0.1) is 0 Å². The summed E-state index contributed by atoms with van der Waals surface area (Å²) < 4.78 is 11.2. The van der Waals surface area contributed by atoms with E-state index in [4.69, 9.17) is 9.52 Å². The molecule has 0 radical (unpaired) electrons. The average Bonchev–Trinajstić information content (AvgIpc) is 3.21. The van der Waals surface area contributed by atoms with Crippen LogP contribution in [0.4, 0.5) is 10.5 Å². The lowest BCUT2D eigenvalue weighted by molar-refractivity contribution is 0.0639.